The number of aromatic nitrogens is 4. The van der Waals surface area contributed by atoms with Crippen LogP contribution >= 0.6 is 0 Å². The number of imidazole rings is 1. The van der Waals surface area contributed by atoms with Crippen molar-refractivity contribution in [3.05, 3.63) is 84.6 Å². The van der Waals surface area contributed by atoms with E-state index in [9.17, 15) is 13.2 Å². The van der Waals surface area contributed by atoms with Crippen LogP contribution in [-0.2, 0) is 27.4 Å². The number of anilines is 6. The third-order valence-corrected chi connectivity index (χ3v) is 7.82. The summed E-state index contributed by atoms with van der Waals surface area (Å²) in [6.45, 7) is 5.46. The van der Waals surface area contributed by atoms with Crippen molar-refractivity contribution in [1.82, 2.24) is 19.5 Å². The van der Waals surface area contributed by atoms with Crippen molar-refractivity contribution in [2.75, 3.05) is 35.5 Å². The van der Waals surface area contributed by atoms with Gasteiger partial charge in [0.05, 0.1) is 29.6 Å². The average molecular weight is 644 g/mol. The number of methoxy groups -OCH3 is 1. The number of hydrogen-bond acceptors (Lipinski definition) is 10. The summed E-state index contributed by atoms with van der Waals surface area (Å²) in [6.07, 6.45) is 2.31. The molecular formula is C33H37N7O5S. The first kappa shape index (κ1) is 32.2. The van der Waals surface area contributed by atoms with Gasteiger partial charge in [-0.2, -0.15) is 4.98 Å². The zero-order valence-corrected chi connectivity index (χ0v) is 27.7. The molecule has 5 aromatic rings. The van der Waals surface area contributed by atoms with E-state index in [0.717, 1.165) is 16.9 Å². The molecule has 1 amide bonds. The van der Waals surface area contributed by atoms with Gasteiger partial charge in [0, 0.05) is 37.9 Å². The number of nitrogens with one attached hydrogen (secondary N) is 1. The standard InChI is InChI=1S/C33H37N7O5S/c1-33(2,3)45-32(41)40(24-12-15-26(44-6)16-13-24)31-36-27-20-25(14-17-28(27)39(31)5)38(4)29-18-19-34-30(37-29)35-23-10-8-22(9-11-23)21-46(7,42)43/h8-20H,21H2,1-7H3,(H,34,35,37). The van der Waals surface area contributed by atoms with Gasteiger partial charge in [0.2, 0.25) is 11.9 Å². The third-order valence-electron chi connectivity index (χ3n) is 6.96. The average Bonchev–Trinajstić information content (AvgIpc) is 3.31. The number of amides is 1. The lowest BCUT2D eigenvalue weighted by atomic mass is 10.2. The van der Waals surface area contributed by atoms with Crippen LogP contribution in [0.3, 0.4) is 0 Å². The lowest BCUT2D eigenvalue weighted by Crippen LogP contribution is -2.35. The zero-order chi connectivity index (χ0) is 33.2. The second kappa shape index (κ2) is 12.7. The Kier molecular flexibility index (Phi) is 8.88. The first-order chi connectivity index (χ1) is 21.7. The van der Waals surface area contributed by atoms with Crippen molar-refractivity contribution in [2.45, 2.75) is 32.1 Å². The Balaban J connectivity index is 1.43. The Hall–Kier alpha value is -5.17. The Morgan fingerprint density at radius 3 is 2.26 bits per heavy atom. The van der Waals surface area contributed by atoms with Crippen molar-refractivity contribution < 1.29 is 22.7 Å². The third kappa shape index (κ3) is 7.54. The van der Waals surface area contributed by atoms with E-state index in [1.807, 2.05) is 62.5 Å². The summed E-state index contributed by atoms with van der Waals surface area (Å²) in [5.41, 5.74) is 3.61. The highest BCUT2D eigenvalue weighted by molar-refractivity contribution is 7.89. The minimum atomic E-state index is -3.12. The van der Waals surface area contributed by atoms with E-state index in [1.54, 1.807) is 67.9 Å². The number of hydrogen-bond donors (Lipinski definition) is 1. The molecule has 46 heavy (non-hydrogen) atoms. The molecule has 13 heteroatoms. The fraction of sp³-hybridized carbons (Fsp3) is 0.273. The maximum absolute atomic E-state index is 13.5. The number of fused-ring (bicyclic) bond motifs is 1. The SMILES string of the molecule is COc1ccc(N(C(=O)OC(C)(C)C)c2nc3cc(N(C)c4ccnc(Nc5ccc(CS(C)(=O)=O)cc5)n4)ccc3n2C)cc1. The molecule has 5 rings (SSSR count). The number of carbonyl (C=O) groups excluding carboxylic acids is 1. The highest BCUT2D eigenvalue weighted by Crippen LogP contribution is 2.33. The normalized spacial score (nSPS) is 11.7. The second-order valence-corrected chi connectivity index (χ2v) is 14.0. The number of aryl methyl sites for hydroxylation is 1. The predicted octanol–water partition coefficient (Wildman–Crippen LogP) is 6.50. The summed E-state index contributed by atoms with van der Waals surface area (Å²) in [7, 11) is 2.21. The minimum absolute atomic E-state index is 0.0211. The summed E-state index contributed by atoms with van der Waals surface area (Å²) in [4.78, 5) is 30.7. The Bertz CT molecular complexity index is 1970. The van der Waals surface area contributed by atoms with Crippen LogP contribution in [0.25, 0.3) is 11.0 Å². The molecule has 2 heterocycles. The predicted molar refractivity (Wildman–Crippen MR) is 180 cm³/mol. The molecule has 0 radical (unpaired) electrons. The summed E-state index contributed by atoms with van der Waals surface area (Å²) in [6, 6.07) is 21.8. The summed E-state index contributed by atoms with van der Waals surface area (Å²) in [5, 5.41) is 3.17. The van der Waals surface area contributed by atoms with Crippen LogP contribution < -0.4 is 19.9 Å². The van der Waals surface area contributed by atoms with E-state index in [-0.39, 0.29) is 5.75 Å². The lowest BCUT2D eigenvalue weighted by Gasteiger charge is -2.26. The molecule has 2 aromatic heterocycles. The van der Waals surface area contributed by atoms with Crippen LogP contribution in [0, 0.1) is 0 Å². The van der Waals surface area contributed by atoms with Crippen molar-refractivity contribution in [2.24, 2.45) is 7.05 Å². The molecule has 240 valence electrons. The molecule has 0 aliphatic heterocycles. The van der Waals surface area contributed by atoms with E-state index in [0.29, 0.717) is 40.2 Å². The second-order valence-electron chi connectivity index (χ2n) is 11.8. The van der Waals surface area contributed by atoms with Gasteiger partial charge in [0.25, 0.3) is 0 Å². The molecule has 0 saturated carbocycles. The van der Waals surface area contributed by atoms with E-state index in [1.165, 1.54) is 11.2 Å². The van der Waals surface area contributed by atoms with Gasteiger partial charge < -0.3 is 24.3 Å². The van der Waals surface area contributed by atoms with Gasteiger partial charge >= 0.3 is 6.09 Å². The number of sulfone groups is 1. The molecule has 12 nitrogen and oxygen atoms in total. The van der Waals surface area contributed by atoms with Crippen LogP contribution in [0.1, 0.15) is 26.3 Å². The number of nitrogens with zero attached hydrogens (tertiary/aromatic N) is 6. The van der Waals surface area contributed by atoms with Crippen molar-refractivity contribution in [1.29, 1.82) is 0 Å². The number of benzene rings is 3. The number of carbonyl (C=O) groups is 1. The van der Waals surface area contributed by atoms with Crippen molar-refractivity contribution >= 4 is 61.7 Å². The molecule has 0 aliphatic carbocycles. The Labute approximate surface area is 268 Å². The molecule has 0 unspecified atom stereocenters. The van der Waals surface area contributed by atoms with Gasteiger partial charge in [-0.15, -0.1) is 0 Å². The summed E-state index contributed by atoms with van der Waals surface area (Å²) >= 11 is 0. The van der Waals surface area contributed by atoms with E-state index in [2.05, 4.69) is 15.3 Å². The van der Waals surface area contributed by atoms with Gasteiger partial charge in [-0.3, -0.25) is 0 Å². The molecule has 0 atom stereocenters. The van der Waals surface area contributed by atoms with Crippen molar-refractivity contribution in [3.8, 4) is 5.75 Å². The molecule has 0 fully saturated rings. The molecule has 0 spiro atoms. The molecular weight excluding hydrogens is 606 g/mol. The Morgan fingerprint density at radius 1 is 0.957 bits per heavy atom. The number of rotatable bonds is 9. The first-order valence-corrected chi connectivity index (χ1v) is 16.5. The minimum Gasteiger partial charge on any atom is -0.497 e. The van der Waals surface area contributed by atoms with E-state index >= 15 is 0 Å². The fourth-order valence-corrected chi connectivity index (χ4v) is 5.57. The summed E-state index contributed by atoms with van der Waals surface area (Å²) in [5.74, 6) is 2.05. The molecule has 0 aliphatic rings. The van der Waals surface area contributed by atoms with Gasteiger partial charge in [0.15, 0.2) is 9.84 Å². The monoisotopic (exact) mass is 643 g/mol. The van der Waals surface area contributed by atoms with Crippen molar-refractivity contribution in [3.63, 3.8) is 0 Å². The van der Waals surface area contributed by atoms with E-state index < -0.39 is 21.5 Å². The summed E-state index contributed by atoms with van der Waals surface area (Å²) < 4.78 is 36.1. The highest BCUT2D eigenvalue weighted by Gasteiger charge is 2.29. The topological polar surface area (TPSA) is 132 Å². The van der Waals surface area contributed by atoms with Gasteiger partial charge in [-0.25, -0.2) is 28.1 Å². The van der Waals surface area contributed by atoms with Gasteiger partial charge in [-0.1, -0.05) is 12.1 Å². The maximum atomic E-state index is 13.5. The molecule has 0 bridgehead atoms. The Morgan fingerprint density at radius 2 is 1.63 bits per heavy atom. The van der Waals surface area contributed by atoms with Crippen LogP contribution in [0.5, 0.6) is 5.75 Å². The fourth-order valence-electron chi connectivity index (χ4n) is 4.77. The quantitative estimate of drug-likeness (QED) is 0.190. The highest BCUT2D eigenvalue weighted by atomic mass is 32.2. The van der Waals surface area contributed by atoms with E-state index in [4.69, 9.17) is 14.5 Å². The maximum Gasteiger partial charge on any atom is 0.421 e. The largest absolute Gasteiger partial charge is 0.497 e. The van der Waals surface area contributed by atoms with Crippen LogP contribution in [-0.4, -0.2) is 60.0 Å². The van der Waals surface area contributed by atoms with Crippen LogP contribution in [0.4, 0.5) is 39.6 Å². The molecule has 0 saturated heterocycles. The molecule has 1 N–H and O–H groups in total. The van der Waals surface area contributed by atoms with Gasteiger partial charge in [-0.05, 0) is 87.0 Å². The molecule has 3 aromatic carbocycles. The lowest BCUT2D eigenvalue weighted by molar-refractivity contribution is 0.0596. The first-order valence-electron chi connectivity index (χ1n) is 14.4. The zero-order valence-electron chi connectivity index (χ0n) is 26.8. The van der Waals surface area contributed by atoms with Crippen LogP contribution in [0.2, 0.25) is 0 Å². The van der Waals surface area contributed by atoms with Gasteiger partial charge in [0.1, 0.15) is 17.2 Å². The smallest absolute Gasteiger partial charge is 0.421 e. The number of ether oxygens (including phenoxy) is 2. The van der Waals surface area contributed by atoms with Crippen LogP contribution in [0.15, 0.2) is 79.0 Å².